The summed E-state index contributed by atoms with van der Waals surface area (Å²) in [5.41, 5.74) is 1.95. The highest BCUT2D eigenvalue weighted by molar-refractivity contribution is 5.59. The molecule has 1 aliphatic rings. The second-order valence-corrected chi connectivity index (χ2v) is 5.28. The summed E-state index contributed by atoms with van der Waals surface area (Å²) >= 11 is 0. The summed E-state index contributed by atoms with van der Waals surface area (Å²) in [5, 5.41) is 15.2. The highest BCUT2D eigenvalue weighted by atomic mass is 16.5. The van der Waals surface area contributed by atoms with Crippen LogP contribution in [0.2, 0.25) is 0 Å². The Morgan fingerprint density at radius 2 is 2.14 bits per heavy atom. The van der Waals surface area contributed by atoms with Gasteiger partial charge in [0.2, 0.25) is 5.95 Å². The number of nitrogens with zero attached hydrogens (tertiary/aromatic N) is 2. The number of rotatable bonds is 7. The molecule has 3 rings (SSSR count). The van der Waals surface area contributed by atoms with Crippen molar-refractivity contribution in [3.8, 4) is 5.75 Å². The fourth-order valence-electron chi connectivity index (χ4n) is 2.21. The first-order chi connectivity index (χ1) is 10.8. The maximum atomic E-state index is 8.93. The van der Waals surface area contributed by atoms with Gasteiger partial charge in [0.25, 0.3) is 0 Å². The first kappa shape index (κ1) is 14.6. The van der Waals surface area contributed by atoms with E-state index in [9.17, 15) is 0 Å². The smallest absolute Gasteiger partial charge is 0.224 e. The Bertz CT molecular complexity index is 644. The predicted molar refractivity (Wildman–Crippen MR) is 85.9 cm³/mol. The standard InChI is InChI=1S/C16H20N4O2/c1-22-13-4-2-3-12(9-13)18-15-10-14(11-5-6-11)19-16(20-15)17-7-8-21/h2-4,9-11,21H,5-8H2,1H3,(H2,17,18,19,20). The summed E-state index contributed by atoms with van der Waals surface area (Å²) in [6.07, 6.45) is 2.35. The van der Waals surface area contributed by atoms with Crippen LogP contribution in [0.4, 0.5) is 17.5 Å². The summed E-state index contributed by atoms with van der Waals surface area (Å²) in [6.45, 7) is 0.488. The highest BCUT2D eigenvalue weighted by Crippen LogP contribution is 2.40. The lowest BCUT2D eigenvalue weighted by molar-refractivity contribution is 0.311. The molecule has 1 saturated carbocycles. The number of benzene rings is 1. The second kappa shape index (κ2) is 6.62. The average Bonchev–Trinajstić information content (AvgIpc) is 3.38. The molecule has 0 saturated heterocycles. The van der Waals surface area contributed by atoms with E-state index in [1.54, 1.807) is 7.11 Å². The molecular weight excluding hydrogens is 280 g/mol. The van der Waals surface area contributed by atoms with Gasteiger partial charge in [-0.1, -0.05) is 6.07 Å². The van der Waals surface area contributed by atoms with Crippen LogP contribution in [0.1, 0.15) is 24.5 Å². The van der Waals surface area contributed by atoms with Crippen molar-refractivity contribution in [3.05, 3.63) is 36.0 Å². The number of hydrogen-bond donors (Lipinski definition) is 3. The van der Waals surface area contributed by atoms with Crippen LogP contribution in [0.3, 0.4) is 0 Å². The molecule has 0 radical (unpaired) electrons. The van der Waals surface area contributed by atoms with Gasteiger partial charge in [-0.15, -0.1) is 0 Å². The highest BCUT2D eigenvalue weighted by Gasteiger charge is 2.26. The molecule has 0 spiro atoms. The van der Waals surface area contributed by atoms with Crippen LogP contribution in [0.25, 0.3) is 0 Å². The fourth-order valence-corrected chi connectivity index (χ4v) is 2.21. The van der Waals surface area contributed by atoms with Gasteiger partial charge in [-0.25, -0.2) is 4.98 Å². The normalized spacial score (nSPS) is 13.7. The lowest BCUT2D eigenvalue weighted by Gasteiger charge is -2.11. The van der Waals surface area contributed by atoms with Crippen molar-refractivity contribution in [2.24, 2.45) is 0 Å². The van der Waals surface area contributed by atoms with E-state index < -0.39 is 0 Å². The second-order valence-electron chi connectivity index (χ2n) is 5.28. The lowest BCUT2D eigenvalue weighted by atomic mass is 10.2. The van der Waals surface area contributed by atoms with Crippen LogP contribution in [0.5, 0.6) is 5.75 Å². The number of hydrogen-bond acceptors (Lipinski definition) is 6. The van der Waals surface area contributed by atoms with Crippen molar-refractivity contribution in [2.45, 2.75) is 18.8 Å². The van der Waals surface area contributed by atoms with Gasteiger partial charge in [0, 0.05) is 30.3 Å². The third-order valence-corrected chi connectivity index (χ3v) is 3.48. The van der Waals surface area contributed by atoms with Crippen molar-refractivity contribution >= 4 is 17.5 Å². The van der Waals surface area contributed by atoms with Crippen molar-refractivity contribution in [1.82, 2.24) is 9.97 Å². The number of aromatic nitrogens is 2. The first-order valence-corrected chi connectivity index (χ1v) is 7.43. The van der Waals surface area contributed by atoms with E-state index in [2.05, 4.69) is 20.6 Å². The summed E-state index contributed by atoms with van der Waals surface area (Å²) < 4.78 is 5.23. The molecule has 1 aliphatic carbocycles. The largest absolute Gasteiger partial charge is 0.497 e. The third kappa shape index (κ3) is 3.65. The molecule has 2 aromatic rings. The molecule has 1 aromatic heterocycles. The zero-order valence-corrected chi connectivity index (χ0v) is 12.5. The minimum atomic E-state index is 0.0513. The van der Waals surface area contributed by atoms with Crippen LogP contribution in [-0.4, -0.2) is 35.3 Å². The first-order valence-electron chi connectivity index (χ1n) is 7.43. The summed E-state index contributed by atoms with van der Waals surface area (Å²) in [6, 6.07) is 9.69. The van der Waals surface area contributed by atoms with E-state index in [1.165, 1.54) is 12.8 Å². The van der Waals surface area contributed by atoms with Gasteiger partial charge in [-0.2, -0.15) is 4.98 Å². The van der Waals surface area contributed by atoms with Gasteiger partial charge in [0.15, 0.2) is 0 Å². The van der Waals surface area contributed by atoms with E-state index in [4.69, 9.17) is 9.84 Å². The molecule has 1 fully saturated rings. The van der Waals surface area contributed by atoms with Crippen molar-refractivity contribution < 1.29 is 9.84 Å². The van der Waals surface area contributed by atoms with Crippen molar-refractivity contribution in [2.75, 3.05) is 30.9 Å². The molecule has 0 aliphatic heterocycles. The van der Waals surface area contributed by atoms with Crippen LogP contribution in [-0.2, 0) is 0 Å². The van der Waals surface area contributed by atoms with Crippen LogP contribution in [0.15, 0.2) is 30.3 Å². The SMILES string of the molecule is COc1cccc(Nc2cc(C3CC3)nc(NCCO)n2)c1. The Labute approximate surface area is 129 Å². The zero-order valence-electron chi connectivity index (χ0n) is 12.5. The average molecular weight is 300 g/mol. The number of aliphatic hydroxyl groups is 1. The number of nitrogens with one attached hydrogen (secondary N) is 2. The quantitative estimate of drug-likeness (QED) is 0.729. The Morgan fingerprint density at radius 1 is 1.27 bits per heavy atom. The molecule has 0 unspecified atom stereocenters. The Morgan fingerprint density at radius 3 is 2.86 bits per heavy atom. The van der Waals surface area contributed by atoms with Gasteiger partial charge in [-0.3, -0.25) is 0 Å². The Kier molecular flexibility index (Phi) is 4.39. The molecule has 3 N–H and O–H groups in total. The van der Waals surface area contributed by atoms with E-state index in [0.717, 1.165) is 22.9 Å². The zero-order chi connectivity index (χ0) is 15.4. The van der Waals surface area contributed by atoms with E-state index in [0.29, 0.717) is 18.4 Å². The van der Waals surface area contributed by atoms with Crippen molar-refractivity contribution in [3.63, 3.8) is 0 Å². The maximum Gasteiger partial charge on any atom is 0.224 e. The summed E-state index contributed by atoms with van der Waals surface area (Å²) in [7, 11) is 1.64. The molecule has 0 bridgehead atoms. The van der Waals surface area contributed by atoms with Gasteiger partial charge in [0.1, 0.15) is 11.6 Å². The third-order valence-electron chi connectivity index (χ3n) is 3.48. The lowest BCUT2D eigenvalue weighted by Crippen LogP contribution is -2.10. The fraction of sp³-hybridized carbons (Fsp3) is 0.375. The molecule has 1 aromatic carbocycles. The minimum Gasteiger partial charge on any atom is -0.497 e. The number of ether oxygens (including phenoxy) is 1. The van der Waals surface area contributed by atoms with E-state index in [1.807, 2.05) is 30.3 Å². The molecule has 6 nitrogen and oxygen atoms in total. The molecule has 0 amide bonds. The molecule has 0 atom stereocenters. The molecule has 1 heterocycles. The molecule has 6 heteroatoms. The Balaban J connectivity index is 1.83. The van der Waals surface area contributed by atoms with Crippen LogP contribution < -0.4 is 15.4 Å². The van der Waals surface area contributed by atoms with Gasteiger partial charge in [-0.05, 0) is 25.0 Å². The molecule has 116 valence electrons. The maximum absolute atomic E-state index is 8.93. The number of aliphatic hydroxyl groups excluding tert-OH is 1. The monoisotopic (exact) mass is 300 g/mol. The summed E-state index contributed by atoms with van der Waals surface area (Å²) in [4.78, 5) is 8.96. The van der Waals surface area contributed by atoms with Gasteiger partial charge >= 0.3 is 0 Å². The molecule has 22 heavy (non-hydrogen) atoms. The predicted octanol–water partition coefficient (Wildman–Crippen LogP) is 2.51. The number of methoxy groups -OCH3 is 1. The summed E-state index contributed by atoms with van der Waals surface area (Å²) in [5.74, 6) is 2.61. The van der Waals surface area contributed by atoms with E-state index in [-0.39, 0.29) is 6.61 Å². The van der Waals surface area contributed by atoms with E-state index >= 15 is 0 Å². The van der Waals surface area contributed by atoms with Gasteiger partial charge < -0.3 is 20.5 Å². The topological polar surface area (TPSA) is 79.3 Å². The minimum absolute atomic E-state index is 0.0513. The van der Waals surface area contributed by atoms with Crippen molar-refractivity contribution in [1.29, 1.82) is 0 Å². The van der Waals surface area contributed by atoms with Gasteiger partial charge in [0.05, 0.1) is 19.4 Å². The Hall–Kier alpha value is -2.34. The van der Waals surface area contributed by atoms with Crippen LogP contribution in [0, 0.1) is 0 Å². The molecular formula is C16H20N4O2. The van der Waals surface area contributed by atoms with Crippen LogP contribution >= 0.6 is 0 Å². The number of anilines is 3.